The van der Waals surface area contributed by atoms with E-state index in [4.69, 9.17) is 4.98 Å². The summed E-state index contributed by atoms with van der Waals surface area (Å²) in [5, 5.41) is 2.15. The minimum Gasteiger partial charge on any atom is -0.247 e. The summed E-state index contributed by atoms with van der Waals surface area (Å²) in [6.45, 7) is 0. The van der Waals surface area contributed by atoms with Gasteiger partial charge in [0.25, 0.3) is 0 Å². The fourth-order valence-electron chi connectivity index (χ4n) is 3.68. The zero-order chi connectivity index (χ0) is 16.6. The zero-order valence-electron chi connectivity index (χ0n) is 13.8. The fraction of sp³-hybridized carbons (Fsp3) is 0.0870. The van der Waals surface area contributed by atoms with Gasteiger partial charge in [-0.25, -0.2) is 4.98 Å². The van der Waals surface area contributed by atoms with Crippen LogP contribution in [0.4, 0.5) is 0 Å². The van der Waals surface area contributed by atoms with Crippen molar-refractivity contribution < 1.29 is 0 Å². The van der Waals surface area contributed by atoms with E-state index in [2.05, 4.69) is 78.2 Å². The fourth-order valence-corrected chi connectivity index (χ4v) is 4.45. The molecule has 120 valence electrons. The van der Waals surface area contributed by atoms with E-state index in [-0.39, 0.29) is 0 Å². The minimum absolute atomic E-state index is 1.06. The Morgan fingerprint density at radius 1 is 0.760 bits per heavy atom. The third kappa shape index (κ3) is 2.50. The van der Waals surface area contributed by atoms with Gasteiger partial charge in [-0.2, -0.15) is 0 Å². The number of thiophene rings is 1. The van der Waals surface area contributed by atoms with Crippen LogP contribution in [0.2, 0.25) is 0 Å². The minimum atomic E-state index is 1.06. The average molecular weight is 339 g/mol. The first-order chi connectivity index (χ1) is 12.4. The molecule has 0 radical (unpaired) electrons. The topological polar surface area (TPSA) is 12.9 Å². The molecule has 0 N–H and O–H groups in total. The summed E-state index contributed by atoms with van der Waals surface area (Å²) in [7, 11) is 0. The van der Waals surface area contributed by atoms with Crippen molar-refractivity contribution in [1.29, 1.82) is 0 Å². The third-order valence-corrected chi connectivity index (χ3v) is 5.80. The molecule has 2 heteroatoms. The maximum Gasteiger partial charge on any atom is 0.0750 e. The number of benzene rings is 2. The lowest BCUT2D eigenvalue weighted by Crippen LogP contribution is -2.08. The Balaban J connectivity index is 1.81. The molecule has 4 aromatic rings. The van der Waals surface area contributed by atoms with Crippen molar-refractivity contribution in [2.45, 2.75) is 12.8 Å². The molecule has 0 saturated carbocycles. The summed E-state index contributed by atoms with van der Waals surface area (Å²) in [6, 6.07) is 25.8. The molecule has 0 saturated heterocycles. The molecule has 0 aliphatic heterocycles. The monoisotopic (exact) mass is 339 g/mol. The molecule has 0 amide bonds. The van der Waals surface area contributed by atoms with E-state index in [1.807, 2.05) is 0 Å². The number of hydrogen-bond donors (Lipinski definition) is 0. The van der Waals surface area contributed by atoms with Crippen molar-refractivity contribution in [3.05, 3.63) is 89.3 Å². The maximum absolute atomic E-state index is 5.10. The number of aryl methyl sites for hydroxylation is 1. The van der Waals surface area contributed by atoms with Crippen molar-refractivity contribution in [3.63, 3.8) is 0 Å². The van der Waals surface area contributed by atoms with Crippen LogP contribution in [-0.2, 0) is 12.8 Å². The van der Waals surface area contributed by atoms with Crippen molar-refractivity contribution in [1.82, 2.24) is 4.98 Å². The van der Waals surface area contributed by atoms with E-state index >= 15 is 0 Å². The van der Waals surface area contributed by atoms with E-state index in [1.165, 1.54) is 32.7 Å². The molecule has 1 aliphatic carbocycles. The first-order valence-corrected chi connectivity index (χ1v) is 9.49. The third-order valence-electron chi connectivity index (χ3n) is 4.90. The van der Waals surface area contributed by atoms with Crippen LogP contribution in [0, 0.1) is 0 Å². The lowest BCUT2D eigenvalue weighted by atomic mass is 9.85. The number of pyridine rings is 1. The van der Waals surface area contributed by atoms with E-state index in [0.717, 1.165) is 24.2 Å². The largest absolute Gasteiger partial charge is 0.247 e. The molecule has 0 atom stereocenters. The lowest BCUT2D eigenvalue weighted by molar-refractivity contribution is 0.931. The van der Waals surface area contributed by atoms with Crippen LogP contribution in [0.1, 0.15) is 11.1 Å². The average Bonchev–Trinajstić information content (AvgIpc) is 3.22. The normalized spacial score (nSPS) is 12.5. The van der Waals surface area contributed by atoms with Crippen LogP contribution in [0.5, 0.6) is 0 Å². The Labute approximate surface area is 151 Å². The number of fused-ring (bicyclic) bond motifs is 3. The molecule has 0 unspecified atom stereocenters. The van der Waals surface area contributed by atoms with Crippen LogP contribution >= 0.6 is 11.3 Å². The van der Waals surface area contributed by atoms with E-state index in [9.17, 15) is 0 Å². The molecule has 2 aromatic heterocycles. The SMILES string of the molecule is c1ccc(-c2cc(-c3cccs3)c3c(n2)-c2ccccc2CC3)cc1. The summed E-state index contributed by atoms with van der Waals surface area (Å²) in [5.74, 6) is 0. The lowest BCUT2D eigenvalue weighted by Gasteiger charge is -2.22. The Bertz CT molecular complexity index is 1030. The first-order valence-electron chi connectivity index (χ1n) is 8.61. The Kier molecular flexibility index (Phi) is 3.50. The predicted octanol–water partition coefficient (Wildman–Crippen LogP) is 6.24. The van der Waals surface area contributed by atoms with Crippen LogP contribution in [-0.4, -0.2) is 4.98 Å². The quantitative estimate of drug-likeness (QED) is 0.421. The van der Waals surface area contributed by atoms with Gasteiger partial charge in [0, 0.05) is 16.0 Å². The molecule has 2 heterocycles. The second-order valence-corrected chi connectivity index (χ2v) is 7.33. The van der Waals surface area contributed by atoms with Gasteiger partial charge in [0.15, 0.2) is 0 Å². The van der Waals surface area contributed by atoms with Gasteiger partial charge in [-0.15, -0.1) is 11.3 Å². The van der Waals surface area contributed by atoms with Crippen LogP contribution in [0.15, 0.2) is 78.2 Å². The van der Waals surface area contributed by atoms with Gasteiger partial charge in [0.05, 0.1) is 11.4 Å². The zero-order valence-corrected chi connectivity index (χ0v) is 14.6. The number of rotatable bonds is 2. The first kappa shape index (κ1) is 14.6. The molecule has 1 nitrogen and oxygen atoms in total. The number of nitrogens with zero attached hydrogens (tertiary/aromatic N) is 1. The van der Waals surface area contributed by atoms with Gasteiger partial charge in [-0.1, -0.05) is 60.7 Å². The highest BCUT2D eigenvalue weighted by Crippen LogP contribution is 2.40. The molecule has 2 aromatic carbocycles. The molecular weight excluding hydrogens is 322 g/mol. The van der Waals surface area contributed by atoms with Gasteiger partial charge < -0.3 is 0 Å². The highest BCUT2D eigenvalue weighted by molar-refractivity contribution is 7.13. The number of aromatic nitrogens is 1. The van der Waals surface area contributed by atoms with Gasteiger partial charge >= 0.3 is 0 Å². The van der Waals surface area contributed by atoms with Crippen LogP contribution in [0.25, 0.3) is 33.0 Å². The van der Waals surface area contributed by atoms with Crippen molar-refractivity contribution in [2.24, 2.45) is 0 Å². The van der Waals surface area contributed by atoms with Gasteiger partial charge in [-0.3, -0.25) is 0 Å². The van der Waals surface area contributed by atoms with E-state index in [1.54, 1.807) is 11.3 Å². The molecule has 0 fully saturated rings. The summed E-state index contributed by atoms with van der Waals surface area (Å²) >= 11 is 1.81. The van der Waals surface area contributed by atoms with Gasteiger partial charge in [-0.05, 0) is 47.0 Å². The highest BCUT2D eigenvalue weighted by Gasteiger charge is 2.22. The predicted molar refractivity (Wildman–Crippen MR) is 106 cm³/mol. The number of hydrogen-bond acceptors (Lipinski definition) is 2. The molecule has 1 aliphatic rings. The van der Waals surface area contributed by atoms with Crippen molar-refractivity contribution in [2.75, 3.05) is 0 Å². The summed E-state index contributed by atoms with van der Waals surface area (Å²) < 4.78 is 0. The van der Waals surface area contributed by atoms with Crippen molar-refractivity contribution >= 4 is 11.3 Å². The standard InChI is InChI=1S/C23H17NS/c1-2-8-17(9-3-1)21-15-20(22-11-6-14-25-22)19-13-12-16-7-4-5-10-18(16)23(19)24-21/h1-11,14-15H,12-13H2. The van der Waals surface area contributed by atoms with Gasteiger partial charge in [0.2, 0.25) is 0 Å². The molecule has 5 rings (SSSR count). The Morgan fingerprint density at radius 3 is 2.44 bits per heavy atom. The van der Waals surface area contributed by atoms with Crippen LogP contribution < -0.4 is 0 Å². The van der Waals surface area contributed by atoms with Gasteiger partial charge in [0.1, 0.15) is 0 Å². The highest BCUT2D eigenvalue weighted by atomic mass is 32.1. The molecule has 0 bridgehead atoms. The smallest absolute Gasteiger partial charge is 0.0750 e. The second kappa shape index (κ2) is 5.98. The maximum atomic E-state index is 5.10. The summed E-state index contributed by atoms with van der Waals surface area (Å²) in [5.41, 5.74) is 8.82. The summed E-state index contributed by atoms with van der Waals surface area (Å²) in [6.07, 6.45) is 2.15. The van der Waals surface area contributed by atoms with Crippen molar-refractivity contribution in [3.8, 4) is 33.0 Å². The molecule has 25 heavy (non-hydrogen) atoms. The van der Waals surface area contributed by atoms with E-state index < -0.39 is 0 Å². The van der Waals surface area contributed by atoms with E-state index in [0.29, 0.717) is 0 Å². The Morgan fingerprint density at radius 2 is 1.60 bits per heavy atom. The molecular formula is C23H17NS. The Hall–Kier alpha value is -2.71. The molecule has 0 spiro atoms. The van der Waals surface area contributed by atoms with Crippen LogP contribution in [0.3, 0.4) is 0 Å². The second-order valence-electron chi connectivity index (χ2n) is 6.38. The summed E-state index contributed by atoms with van der Waals surface area (Å²) in [4.78, 5) is 6.43.